The average Bonchev–Trinajstić information content (AvgIpc) is 3.26. The van der Waals surface area contributed by atoms with Gasteiger partial charge in [0.05, 0.1) is 5.69 Å². The van der Waals surface area contributed by atoms with Crippen molar-refractivity contribution < 1.29 is 28.9 Å². The molecular formula is C30H28FN3O5. The number of hydrogen-bond acceptors (Lipinski definition) is 7. The minimum Gasteiger partial charge on any atom is -0.506 e. The van der Waals surface area contributed by atoms with Crippen LogP contribution >= 0.6 is 0 Å². The summed E-state index contributed by atoms with van der Waals surface area (Å²) in [6.45, 7) is 5.05. The van der Waals surface area contributed by atoms with Gasteiger partial charge in [0.15, 0.2) is 5.78 Å². The number of ketones is 1. The van der Waals surface area contributed by atoms with Crippen LogP contribution in [0.15, 0.2) is 54.7 Å². The number of aliphatic hydroxyl groups is 1. The number of aromatic hydroxyl groups is 1. The van der Waals surface area contributed by atoms with E-state index in [-0.39, 0.29) is 36.7 Å². The number of aromatic nitrogens is 2. The summed E-state index contributed by atoms with van der Waals surface area (Å²) >= 11 is 0. The first kappa shape index (κ1) is 26.2. The third kappa shape index (κ3) is 4.59. The zero-order valence-electron chi connectivity index (χ0n) is 21.8. The molecule has 0 fully saturated rings. The van der Waals surface area contributed by atoms with Crippen LogP contribution in [0.25, 0.3) is 22.2 Å². The Morgan fingerprint density at radius 2 is 1.90 bits per heavy atom. The molecule has 4 N–H and O–H groups in total. The molecule has 1 aliphatic heterocycles. The van der Waals surface area contributed by atoms with Gasteiger partial charge in [0.25, 0.3) is 0 Å². The van der Waals surface area contributed by atoms with Gasteiger partial charge in [0, 0.05) is 34.7 Å². The highest BCUT2D eigenvalue weighted by Gasteiger charge is 2.45. The minimum atomic E-state index is -1.59. The fourth-order valence-corrected chi connectivity index (χ4v) is 4.83. The summed E-state index contributed by atoms with van der Waals surface area (Å²) in [5.41, 5.74) is 6.10. The number of amides is 1. The average molecular weight is 530 g/mol. The molecule has 0 radical (unpaired) electrons. The van der Waals surface area contributed by atoms with E-state index in [1.165, 1.54) is 37.3 Å². The Labute approximate surface area is 224 Å². The van der Waals surface area contributed by atoms with Crippen LogP contribution in [0.4, 0.5) is 4.39 Å². The van der Waals surface area contributed by atoms with Gasteiger partial charge < -0.3 is 20.7 Å². The molecule has 4 aromatic rings. The highest BCUT2D eigenvalue weighted by molar-refractivity contribution is 6.01. The van der Waals surface area contributed by atoms with Crippen molar-refractivity contribution in [3.05, 3.63) is 82.9 Å². The second kappa shape index (κ2) is 9.43. The van der Waals surface area contributed by atoms with Crippen molar-refractivity contribution in [2.24, 2.45) is 5.73 Å². The van der Waals surface area contributed by atoms with Gasteiger partial charge in [-0.1, -0.05) is 0 Å². The number of Topliss-reactive ketones (excluding diaryl/α,β-unsaturated/α-hetero) is 1. The van der Waals surface area contributed by atoms with Crippen molar-refractivity contribution in [3.63, 3.8) is 0 Å². The number of hydrogen-bond donors (Lipinski definition) is 3. The number of halogens is 1. The molecule has 0 saturated carbocycles. The lowest BCUT2D eigenvalue weighted by Gasteiger charge is -2.26. The number of aryl methyl sites for hydroxylation is 1. The molecule has 0 unspecified atom stereocenters. The number of phenols is 1. The second-order valence-electron chi connectivity index (χ2n) is 10.4. The normalized spacial score (nSPS) is 17.9. The van der Waals surface area contributed by atoms with Crippen molar-refractivity contribution in [1.29, 1.82) is 0 Å². The van der Waals surface area contributed by atoms with E-state index in [4.69, 9.17) is 10.5 Å². The molecule has 39 heavy (non-hydrogen) atoms. The van der Waals surface area contributed by atoms with Gasteiger partial charge in [-0.2, -0.15) is 0 Å². The van der Waals surface area contributed by atoms with E-state index < -0.39 is 22.7 Å². The molecule has 2 aromatic heterocycles. The van der Waals surface area contributed by atoms with Gasteiger partial charge >= 0.3 is 0 Å². The van der Waals surface area contributed by atoms with E-state index in [9.17, 15) is 24.2 Å². The molecule has 1 amide bonds. The van der Waals surface area contributed by atoms with Gasteiger partial charge in [-0.15, -0.1) is 0 Å². The number of benzene rings is 2. The maximum absolute atomic E-state index is 13.6. The Bertz CT molecular complexity index is 1630. The van der Waals surface area contributed by atoms with E-state index in [0.29, 0.717) is 39.0 Å². The molecule has 0 bridgehead atoms. The minimum absolute atomic E-state index is 0.000554. The Hall–Kier alpha value is -4.37. The first-order chi connectivity index (χ1) is 18.4. The molecule has 200 valence electrons. The molecule has 1 aliphatic rings. The van der Waals surface area contributed by atoms with Gasteiger partial charge in [-0.25, -0.2) is 9.37 Å². The molecule has 2 aromatic carbocycles. The molecule has 0 saturated heterocycles. The van der Waals surface area contributed by atoms with Crippen molar-refractivity contribution >= 4 is 22.6 Å². The third-order valence-corrected chi connectivity index (χ3v) is 7.49. The molecule has 8 nitrogen and oxygen atoms in total. The molecule has 5 rings (SSSR count). The summed E-state index contributed by atoms with van der Waals surface area (Å²) in [6.07, 6.45) is 1.54. The zero-order chi connectivity index (χ0) is 28.1. The smallest absolute Gasteiger partial charge is 0.231 e. The first-order valence-electron chi connectivity index (χ1n) is 12.5. The number of nitrogens with zero attached hydrogens (tertiary/aromatic N) is 2. The quantitative estimate of drug-likeness (QED) is 0.301. The monoisotopic (exact) mass is 529 g/mol. The number of nitrogens with two attached hydrogens (primary N) is 1. The van der Waals surface area contributed by atoms with Crippen LogP contribution in [0.2, 0.25) is 0 Å². The summed E-state index contributed by atoms with van der Waals surface area (Å²) in [6, 6.07) is 12.1. The van der Waals surface area contributed by atoms with Gasteiger partial charge in [0.1, 0.15) is 46.1 Å². The fourth-order valence-electron chi connectivity index (χ4n) is 4.83. The summed E-state index contributed by atoms with van der Waals surface area (Å²) in [5, 5.41) is 22.6. The predicted molar refractivity (Wildman–Crippen MR) is 143 cm³/mol. The first-order valence-corrected chi connectivity index (χ1v) is 12.5. The van der Waals surface area contributed by atoms with Gasteiger partial charge in [-0.3, -0.25) is 14.6 Å². The van der Waals surface area contributed by atoms with E-state index in [2.05, 4.69) is 9.97 Å². The van der Waals surface area contributed by atoms with Crippen LogP contribution in [0, 0.1) is 12.7 Å². The second-order valence-corrected chi connectivity index (χ2v) is 10.4. The van der Waals surface area contributed by atoms with Crippen LogP contribution in [-0.2, 0) is 15.8 Å². The lowest BCUT2D eigenvalue weighted by atomic mass is 9.81. The Morgan fingerprint density at radius 1 is 1.18 bits per heavy atom. The van der Waals surface area contributed by atoms with E-state index in [0.717, 1.165) is 5.56 Å². The lowest BCUT2D eigenvalue weighted by Crippen LogP contribution is -2.40. The number of pyridine rings is 2. The number of carbonyl (C=O) groups excluding carboxylic acids is 2. The molecule has 0 spiro atoms. The largest absolute Gasteiger partial charge is 0.506 e. The van der Waals surface area contributed by atoms with Crippen LogP contribution < -0.4 is 10.5 Å². The van der Waals surface area contributed by atoms with Crippen LogP contribution in [0.3, 0.4) is 0 Å². The third-order valence-electron chi connectivity index (χ3n) is 7.49. The van der Waals surface area contributed by atoms with Gasteiger partial charge in [0.2, 0.25) is 5.91 Å². The molecule has 3 heterocycles. The highest BCUT2D eigenvalue weighted by Crippen LogP contribution is 2.46. The van der Waals surface area contributed by atoms with Crippen molar-refractivity contribution in [3.8, 4) is 22.8 Å². The molecular weight excluding hydrogens is 501 g/mol. The predicted octanol–water partition coefficient (Wildman–Crippen LogP) is 4.46. The number of rotatable bonds is 7. The maximum Gasteiger partial charge on any atom is 0.231 e. The van der Waals surface area contributed by atoms with Crippen molar-refractivity contribution in [2.75, 3.05) is 6.61 Å². The van der Waals surface area contributed by atoms with Crippen LogP contribution in [0.5, 0.6) is 11.5 Å². The number of fused-ring (bicyclic) bond motifs is 2. The van der Waals surface area contributed by atoms with Crippen molar-refractivity contribution in [2.45, 2.75) is 44.6 Å². The Morgan fingerprint density at radius 3 is 2.59 bits per heavy atom. The number of primary amides is 1. The summed E-state index contributed by atoms with van der Waals surface area (Å²) in [5.74, 6) is -1.05. The molecule has 2 atom stereocenters. The molecule has 9 heteroatoms. The standard InChI is InChI=1S/C30H28FN3O5/c1-16-9-11-33-26-20(16)12-18(13-23(26)36)22(35)8-10-30(3,38)24-14-21-27(39-15-29(21,2)28(32)37)25(34-24)17-4-6-19(31)7-5-17/h4-7,9,11-14,36,38H,8,10,15H2,1-3H3,(H2,32,37)/t29-,30-/m0/s1. The number of phenolic OH excluding ortho intramolecular Hbond substituents is 1. The van der Waals surface area contributed by atoms with Gasteiger partial charge in [-0.05, 0) is 81.3 Å². The van der Waals surface area contributed by atoms with E-state index >= 15 is 0 Å². The highest BCUT2D eigenvalue weighted by atomic mass is 19.1. The summed E-state index contributed by atoms with van der Waals surface area (Å²) in [4.78, 5) is 34.4. The van der Waals surface area contributed by atoms with E-state index in [1.54, 1.807) is 31.3 Å². The fraction of sp³-hybridized carbons (Fsp3) is 0.267. The van der Waals surface area contributed by atoms with E-state index in [1.807, 2.05) is 6.92 Å². The summed E-state index contributed by atoms with van der Waals surface area (Å²) < 4.78 is 19.5. The Balaban J connectivity index is 1.50. The summed E-state index contributed by atoms with van der Waals surface area (Å²) in [7, 11) is 0. The number of ether oxygens (including phenoxy) is 1. The Kier molecular flexibility index (Phi) is 6.34. The number of carbonyl (C=O) groups is 2. The zero-order valence-corrected chi connectivity index (χ0v) is 21.8. The maximum atomic E-state index is 13.6. The van der Waals surface area contributed by atoms with Crippen LogP contribution in [0.1, 0.15) is 53.9 Å². The lowest BCUT2D eigenvalue weighted by molar-refractivity contribution is -0.123. The SMILES string of the molecule is Cc1ccnc2c(O)cc(C(=O)CC[C@](C)(O)c3cc4c(c(-c5ccc(F)cc5)n3)OC[C@]4(C)C(N)=O)cc12. The molecule has 0 aliphatic carbocycles. The van der Waals surface area contributed by atoms with Crippen molar-refractivity contribution in [1.82, 2.24) is 9.97 Å². The van der Waals surface area contributed by atoms with Crippen LogP contribution in [-0.4, -0.2) is 38.5 Å². The topological polar surface area (TPSA) is 136 Å².